The van der Waals surface area contributed by atoms with Gasteiger partial charge in [0, 0.05) is 0 Å². The summed E-state index contributed by atoms with van der Waals surface area (Å²) in [7, 11) is 5.86. The molecule has 1 rings (SSSR count). The SMILES string of the molecule is Cl[SH]1CCCCC1. The van der Waals surface area contributed by atoms with Crippen LogP contribution in [-0.4, -0.2) is 11.5 Å². The van der Waals surface area contributed by atoms with Crippen LogP contribution >= 0.6 is 20.8 Å². The van der Waals surface area contributed by atoms with Crippen LogP contribution in [0, 0.1) is 0 Å². The summed E-state index contributed by atoms with van der Waals surface area (Å²) >= 11 is 0. The van der Waals surface area contributed by atoms with Gasteiger partial charge in [0.1, 0.15) is 0 Å². The van der Waals surface area contributed by atoms with Crippen LogP contribution in [0.25, 0.3) is 0 Å². The van der Waals surface area contributed by atoms with Gasteiger partial charge in [-0.15, -0.1) is 0 Å². The first-order chi connectivity index (χ1) is 3.39. The van der Waals surface area contributed by atoms with Gasteiger partial charge in [0.05, 0.1) is 0 Å². The van der Waals surface area contributed by atoms with Crippen LogP contribution in [-0.2, 0) is 0 Å². The fourth-order valence-corrected chi connectivity index (χ4v) is 2.93. The number of rotatable bonds is 0. The molecule has 1 fully saturated rings. The minimum Gasteiger partial charge on any atom is -0.175 e. The molecule has 0 spiro atoms. The Morgan fingerprint density at radius 3 is 1.86 bits per heavy atom. The van der Waals surface area contributed by atoms with Crippen LogP contribution < -0.4 is 0 Å². The monoisotopic (exact) mass is 138 g/mol. The molecule has 0 unspecified atom stereocenters. The van der Waals surface area contributed by atoms with Crippen LogP contribution in [0.15, 0.2) is 0 Å². The van der Waals surface area contributed by atoms with Gasteiger partial charge in [-0.1, -0.05) is 17.1 Å². The molecule has 1 aliphatic rings. The normalized spacial score (nSPS) is 27.9. The lowest BCUT2D eigenvalue weighted by atomic mass is 10.3. The first-order valence-corrected chi connectivity index (χ1v) is 5.42. The average Bonchev–Trinajstić information content (AvgIpc) is 1.69. The molecular weight excluding hydrogens is 128 g/mol. The molecule has 0 amide bonds. The van der Waals surface area contributed by atoms with Crippen molar-refractivity contribution >= 4 is 20.8 Å². The summed E-state index contributed by atoms with van der Waals surface area (Å²) in [5.74, 6) is 2.63. The Morgan fingerprint density at radius 2 is 1.57 bits per heavy atom. The second-order valence-electron chi connectivity index (χ2n) is 1.97. The highest BCUT2D eigenvalue weighted by Crippen LogP contribution is 2.36. The standard InChI is InChI=1S/C5H11ClS/c6-7-4-2-1-3-5-7/h7H,1-5H2. The van der Waals surface area contributed by atoms with Crippen molar-refractivity contribution in [2.75, 3.05) is 11.5 Å². The molecule has 2 heteroatoms. The Morgan fingerprint density at radius 1 is 1.00 bits per heavy atom. The molecule has 0 bridgehead atoms. The van der Waals surface area contributed by atoms with Crippen molar-refractivity contribution < 1.29 is 0 Å². The van der Waals surface area contributed by atoms with E-state index in [1.807, 2.05) is 0 Å². The van der Waals surface area contributed by atoms with Crippen molar-refractivity contribution in [1.82, 2.24) is 0 Å². The third-order valence-corrected chi connectivity index (χ3v) is 3.92. The van der Waals surface area contributed by atoms with Crippen molar-refractivity contribution in [2.24, 2.45) is 0 Å². The smallest absolute Gasteiger partial charge is 0.0127 e. The Kier molecular flexibility index (Phi) is 2.33. The van der Waals surface area contributed by atoms with E-state index in [9.17, 15) is 0 Å². The molecule has 0 N–H and O–H groups in total. The van der Waals surface area contributed by atoms with E-state index in [4.69, 9.17) is 10.7 Å². The van der Waals surface area contributed by atoms with Gasteiger partial charge in [-0.25, -0.2) is 0 Å². The molecule has 1 saturated heterocycles. The molecule has 0 aromatic heterocycles. The third-order valence-electron chi connectivity index (χ3n) is 1.30. The topological polar surface area (TPSA) is 0 Å². The van der Waals surface area contributed by atoms with Crippen LogP contribution in [0.4, 0.5) is 0 Å². The van der Waals surface area contributed by atoms with Gasteiger partial charge < -0.3 is 0 Å². The summed E-state index contributed by atoms with van der Waals surface area (Å²) in [6.45, 7) is 0. The Balaban J connectivity index is 2.12. The van der Waals surface area contributed by atoms with Gasteiger partial charge in [0.25, 0.3) is 0 Å². The maximum atomic E-state index is 5.88. The van der Waals surface area contributed by atoms with E-state index in [1.165, 1.54) is 30.8 Å². The highest BCUT2D eigenvalue weighted by atomic mass is 35.7. The Hall–Kier alpha value is 0.640. The molecule has 0 atom stereocenters. The number of hydrogen-bond acceptors (Lipinski definition) is 0. The summed E-state index contributed by atoms with van der Waals surface area (Å²) in [4.78, 5) is 0. The summed E-state index contributed by atoms with van der Waals surface area (Å²) in [6.07, 6.45) is 4.19. The van der Waals surface area contributed by atoms with E-state index in [0.29, 0.717) is 0 Å². The van der Waals surface area contributed by atoms with E-state index >= 15 is 0 Å². The van der Waals surface area contributed by atoms with Gasteiger partial charge in [-0.2, -0.15) is 10.1 Å². The lowest BCUT2D eigenvalue weighted by molar-refractivity contribution is 0.763. The zero-order valence-corrected chi connectivity index (χ0v) is 6.01. The second kappa shape index (κ2) is 2.83. The van der Waals surface area contributed by atoms with Crippen molar-refractivity contribution in [3.05, 3.63) is 0 Å². The molecule has 1 heterocycles. The molecule has 44 valence electrons. The highest BCUT2D eigenvalue weighted by Gasteiger charge is 2.04. The molecule has 7 heavy (non-hydrogen) atoms. The van der Waals surface area contributed by atoms with Crippen LogP contribution in [0.2, 0.25) is 0 Å². The quantitative estimate of drug-likeness (QED) is 0.488. The fraction of sp³-hybridized carbons (Fsp3) is 1.00. The number of thiol groups is 1. The van der Waals surface area contributed by atoms with Gasteiger partial charge in [0.2, 0.25) is 0 Å². The molecule has 0 aromatic carbocycles. The first kappa shape index (κ1) is 5.77. The largest absolute Gasteiger partial charge is 0.175 e. The molecular formula is C5H11ClS. The van der Waals surface area contributed by atoms with Crippen LogP contribution in [0.3, 0.4) is 0 Å². The maximum absolute atomic E-state index is 5.88. The Labute approximate surface area is 52.1 Å². The van der Waals surface area contributed by atoms with E-state index in [0.717, 1.165) is 0 Å². The first-order valence-electron chi connectivity index (χ1n) is 2.80. The zero-order valence-electron chi connectivity index (χ0n) is 4.36. The van der Waals surface area contributed by atoms with Crippen LogP contribution in [0.1, 0.15) is 19.3 Å². The maximum Gasteiger partial charge on any atom is -0.0127 e. The molecule has 1 aliphatic heterocycles. The lowest BCUT2D eigenvalue weighted by Gasteiger charge is -2.17. The van der Waals surface area contributed by atoms with E-state index in [2.05, 4.69) is 0 Å². The molecule has 0 saturated carbocycles. The fourth-order valence-electron chi connectivity index (χ4n) is 0.855. The predicted molar refractivity (Wildman–Crippen MR) is 38.4 cm³/mol. The molecule has 0 aliphatic carbocycles. The van der Waals surface area contributed by atoms with E-state index in [-0.39, 0.29) is 10.1 Å². The van der Waals surface area contributed by atoms with Crippen molar-refractivity contribution in [2.45, 2.75) is 19.3 Å². The molecule has 0 nitrogen and oxygen atoms in total. The van der Waals surface area contributed by atoms with Crippen molar-refractivity contribution in [3.63, 3.8) is 0 Å². The van der Waals surface area contributed by atoms with Gasteiger partial charge in [-0.05, 0) is 24.3 Å². The van der Waals surface area contributed by atoms with Crippen molar-refractivity contribution in [3.8, 4) is 0 Å². The highest BCUT2D eigenvalue weighted by molar-refractivity contribution is 8.36. The van der Waals surface area contributed by atoms with Gasteiger partial charge in [0.15, 0.2) is 0 Å². The number of hydrogen-bond donors (Lipinski definition) is 1. The van der Waals surface area contributed by atoms with Crippen molar-refractivity contribution in [1.29, 1.82) is 0 Å². The molecule has 0 aromatic rings. The summed E-state index contributed by atoms with van der Waals surface area (Å²) in [6, 6.07) is 0. The predicted octanol–water partition coefficient (Wildman–Crippen LogP) is 2.33. The Bertz CT molecular complexity index is 50.0. The summed E-state index contributed by atoms with van der Waals surface area (Å²) in [5.41, 5.74) is 0. The van der Waals surface area contributed by atoms with Crippen LogP contribution in [0.5, 0.6) is 0 Å². The minimum absolute atomic E-state index is 0.0194. The average molecular weight is 139 g/mol. The zero-order chi connectivity index (χ0) is 5.11. The minimum atomic E-state index is -0.0194. The summed E-state index contributed by atoms with van der Waals surface area (Å²) in [5, 5.41) is 0. The lowest BCUT2D eigenvalue weighted by Crippen LogP contribution is -1.96. The third kappa shape index (κ3) is 1.92. The molecule has 0 radical (unpaired) electrons. The van der Waals surface area contributed by atoms with E-state index < -0.39 is 0 Å². The number of halogens is 1. The van der Waals surface area contributed by atoms with Gasteiger partial charge >= 0.3 is 0 Å². The van der Waals surface area contributed by atoms with Gasteiger partial charge in [-0.3, -0.25) is 0 Å². The van der Waals surface area contributed by atoms with E-state index in [1.54, 1.807) is 0 Å². The second-order valence-corrected chi connectivity index (χ2v) is 5.22. The summed E-state index contributed by atoms with van der Waals surface area (Å²) < 4.78 is 0.